The van der Waals surface area contributed by atoms with Gasteiger partial charge in [0.15, 0.2) is 0 Å². The van der Waals surface area contributed by atoms with Gasteiger partial charge in [0.05, 0.1) is 12.6 Å². The lowest BCUT2D eigenvalue weighted by molar-refractivity contribution is 0.268. The van der Waals surface area contributed by atoms with Crippen LogP contribution in [0.5, 0.6) is 0 Å². The summed E-state index contributed by atoms with van der Waals surface area (Å²) in [6.45, 7) is -0.193. The first-order valence-corrected chi connectivity index (χ1v) is 4.36. The lowest BCUT2D eigenvalue weighted by atomic mass is 10.1. The van der Waals surface area contributed by atoms with E-state index < -0.39 is 6.04 Å². The first-order valence-electron chi connectivity index (χ1n) is 4.36. The van der Waals surface area contributed by atoms with Gasteiger partial charge in [-0.15, -0.1) is 0 Å². The van der Waals surface area contributed by atoms with Crippen molar-refractivity contribution in [2.45, 2.75) is 6.04 Å². The molecule has 1 atom stereocenters. The summed E-state index contributed by atoms with van der Waals surface area (Å²) in [6.07, 6.45) is 1.63. The first kappa shape index (κ1) is 9.18. The molecule has 4 heteroatoms. The van der Waals surface area contributed by atoms with E-state index >= 15 is 0 Å². The molecule has 0 aliphatic carbocycles. The molecule has 2 rings (SSSR count). The molecule has 0 fully saturated rings. The highest BCUT2D eigenvalue weighted by molar-refractivity contribution is 5.84. The lowest BCUT2D eigenvalue weighted by Gasteiger charge is -2.06. The van der Waals surface area contributed by atoms with E-state index in [1.807, 2.05) is 0 Å². The fraction of sp³-hybridized carbons (Fsp3) is 0.200. The minimum atomic E-state index is -0.541. The third kappa shape index (κ3) is 1.29. The number of fused-ring (bicyclic) bond motifs is 1. The molecule has 0 unspecified atom stereocenters. The molecule has 0 saturated heterocycles. The monoisotopic (exact) mass is 194 g/mol. The van der Waals surface area contributed by atoms with Crippen molar-refractivity contribution in [2.24, 2.45) is 5.73 Å². The van der Waals surface area contributed by atoms with Crippen LogP contribution in [0.15, 0.2) is 24.4 Å². The molecule has 14 heavy (non-hydrogen) atoms. The zero-order valence-corrected chi connectivity index (χ0v) is 7.50. The highest BCUT2D eigenvalue weighted by Crippen LogP contribution is 2.25. The van der Waals surface area contributed by atoms with Crippen molar-refractivity contribution in [3.63, 3.8) is 0 Å². The smallest absolute Gasteiger partial charge is 0.132 e. The standard InChI is InChI=1S/C10H11FN2O/c11-7-2-1-3-9-10(7)6(4-13-9)8(12)5-14/h1-4,8,13-14H,5,12H2/t8-/m0/s1. The lowest BCUT2D eigenvalue weighted by Crippen LogP contribution is -2.14. The van der Waals surface area contributed by atoms with E-state index in [1.165, 1.54) is 6.07 Å². The number of halogens is 1. The van der Waals surface area contributed by atoms with E-state index in [-0.39, 0.29) is 12.4 Å². The number of aliphatic hydroxyl groups is 1. The quantitative estimate of drug-likeness (QED) is 0.674. The molecule has 4 N–H and O–H groups in total. The Hall–Kier alpha value is -1.39. The Morgan fingerprint density at radius 2 is 2.29 bits per heavy atom. The van der Waals surface area contributed by atoms with Crippen molar-refractivity contribution in [1.29, 1.82) is 0 Å². The summed E-state index contributed by atoms with van der Waals surface area (Å²) in [7, 11) is 0. The molecule has 0 saturated carbocycles. The van der Waals surface area contributed by atoms with Gasteiger partial charge in [-0.1, -0.05) is 6.07 Å². The highest BCUT2D eigenvalue weighted by atomic mass is 19.1. The maximum absolute atomic E-state index is 13.4. The number of hydrogen-bond donors (Lipinski definition) is 3. The number of aromatic nitrogens is 1. The van der Waals surface area contributed by atoms with Crippen molar-refractivity contribution in [3.05, 3.63) is 35.8 Å². The zero-order valence-electron chi connectivity index (χ0n) is 7.50. The van der Waals surface area contributed by atoms with Gasteiger partial charge in [0.25, 0.3) is 0 Å². The van der Waals surface area contributed by atoms with Gasteiger partial charge in [0.1, 0.15) is 5.82 Å². The molecular weight excluding hydrogens is 183 g/mol. The Kier molecular flexibility index (Phi) is 2.23. The number of nitrogens with one attached hydrogen (secondary N) is 1. The van der Waals surface area contributed by atoms with Gasteiger partial charge < -0.3 is 15.8 Å². The molecule has 0 amide bonds. The van der Waals surface area contributed by atoms with Crippen molar-refractivity contribution < 1.29 is 9.50 Å². The average molecular weight is 194 g/mol. The summed E-state index contributed by atoms with van der Waals surface area (Å²) in [6, 6.07) is 4.23. The van der Waals surface area contributed by atoms with Gasteiger partial charge in [-0.2, -0.15) is 0 Å². The molecule has 0 bridgehead atoms. The van der Waals surface area contributed by atoms with Crippen LogP contribution in [0.2, 0.25) is 0 Å². The van der Waals surface area contributed by atoms with Crippen LogP contribution < -0.4 is 5.73 Å². The minimum absolute atomic E-state index is 0.193. The molecule has 74 valence electrons. The van der Waals surface area contributed by atoms with Crippen LogP contribution in [-0.4, -0.2) is 16.7 Å². The number of rotatable bonds is 2. The summed E-state index contributed by atoms with van der Waals surface area (Å²) < 4.78 is 13.4. The highest BCUT2D eigenvalue weighted by Gasteiger charge is 2.13. The number of H-pyrrole nitrogens is 1. The third-order valence-electron chi connectivity index (χ3n) is 2.28. The molecule has 1 aromatic heterocycles. The maximum Gasteiger partial charge on any atom is 0.132 e. The molecule has 0 spiro atoms. The third-order valence-corrected chi connectivity index (χ3v) is 2.28. The second kappa shape index (κ2) is 3.40. The maximum atomic E-state index is 13.4. The Labute approximate surface area is 80.4 Å². The Bertz CT molecular complexity index is 452. The molecule has 3 nitrogen and oxygen atoms in total. The van der Waals surface area contributed by atoms with Crippen LogP contribution in [0.1, 0.15) is 11.6 Å². The largest absolute Gasteiger partial charge is 0.394 e. The fourth-order valence-corrected chi connectivity index (χ4v) is 1.56. The molecule has 1 heterocycles. The normalized spacial score (nSPS) is 13.4. The van der Waals surface area contributed by atoms with Gasteiger partial charge in [-0.05, 0) is 17.7 Å². The van der Waals surface area contributed by atoms with Gasteiger partial charge in [-0.25, -0.2) is 4.39 Å². The minimum Gasteiger partial charge on any atom is -0.394 e. The molecule has 0 aliphatic rings. The van der Waals surface area contributed by atoms with Gasteiger partial charge in [0.2, 0.25) is 0 Å². The van der Waals surface area contributed by atoms with Crippen LogP contribution in [0.4, 0.5) is 4.39 Å². The second-order valence-electron chi connectivity index (χ2n) is 3.20. The Morgan fingerprint density at radius 3 is 3.00 bits per heavy atom. The molecule has 1 aromatic carbocycles. The number of nitrogens with two attached hydrogens (primary N) is 1. The van der Waals surface area contributed by atoms with Crippen LogP contribution in [-0.2, 0) is 0 Å². The Balaban J connectivity index is 2.67. The van der Waals surface area contributed by atoms with E-state index in [0.717, 1.165) is 0 Å². The number of benzene rings is 1. The van der Waals surface area contributed by atoms with E-state index in [4.69, 9.17) is 10.8 Å². The molecule has 0 aliphatic heterocycles. The SMILES string of the molecule is N[C@@H](CO)c1c[nH]c2cccc(F)c12. The Morgan fingerprint density at radius 1 is 1.50 bits per heavy atom. The summed E-state index contributed by atoms with van der Waals surface area (Å²) in [5.74, 6) is -0.317. The molecular formula is C10H11FN2O. The van der Waals surface area contributed by atoms with Crippen LogP contribution >= 0.6 is 0 Å². The zero-order chi connectivity index (χ0) is 10.1. The van der Waals surface area contributed by atoms with E-state index in [9.17, 15) is 4.39 Å². The summed E-state index contributed by atoms with van der Waals surface area (Å²) in [4.78, 5) is 2.91. The van der Waals surface area contributed by atoms with Crippen molar-refractivity contribution >= 4 is 10.9 Å². The number of aliphatic hydroxyl groups excluding tert-OH is 1. The van der Waals surface area contributed by atoms with Crippen molar-refractivity contribution in [3.8, 4) is 0 Å². The summed E-state index contributed by atoms with van der Waals surface area (Å²) in [5, 5.41) is 9.36. The number of hydrogen-bond acceptors (Lipinski definition) is 2. The van der Waals surface area contributed by atoms with Gasteiger partial charge in [-0.3, -0.25) is 0 Å². The molecule has 0 radical (unpaired) electrons. The van der Waals surface area contributed by atoms with E-state index in [1.54, 1.807) is 18.3 Å². The van der Waals surface area contributed by atoms with E-state index in [2.05, 4.69) is 4.98 Å². The van der Waals surface area contributed by atoms with Crippen molar-refractivity contribution in [1.82, 2.24) is 4.98 Å². The van der Waals surface area contributed by atoms with Crippen LogP contribution in [0.3, 0.4) is 0 Å². The predicted molar refractivity (Wildman–Crippen MR) is 52.3 cm³/mol. The fourth-order valence-electron chi connectivity index (χ4n) is 1.56. The average Bonchev–Trinajstić information content (AvgIpc) is 2.62. The summed E-state index contributed by atoms with van der Waals surface area (Å²) >= 11 is 0. The molecule has 2 aromatic rings. The van der Waals surface area contributed by atoms with Crippen molar-refractivity contribution in [2.75, 3.05) is 6.61 Å². The summed E-state index contributed by atoms with van der Waals surface area (Å²) in [5.41, 5.74) is 6.95. The van der Waals surface area contributed by atoms with Crippen LogP contribution in [0.25, 0.3) is 10.9 Å². The first-order chi connectivity index (χ1) is 6.74. The second-order valence-corrected chi connectivity index (χ2v) is 3.20. The van der Waals surface area contributed by atoms with E-state index in [0.29, 0.717) is 16.5 Å². The van der Waals surface area contributed by atoms with Gasteiger partial charge >= 0.3 is 0 Å². The predicted octanol–water partition coefficient (Wildman–Crippen LogP) is 1.30. The topological polar surface area (TPSA) is 62.0 Å². The van der Waals surface area contributed by atoms with Gasteiger partial charge in [0, 0.05) is 17.1 Å². The van der Waals surface area contributed by atoms with Crippen LogP contribution in [0, 0.1) is 5.82 Å². The number of aromatic amines is 1.